The maximum Gasteiger partial charge on any atom is 0.137 e. The van der Waals surface area contributed by atoms with E-state index in [1.165, 1.54) is 25.7 Å². The number of imidazole rings is 1. The molecule has 3 heteroatoms. The van der Waals surface area contributed by atoms with Crippen LogP contribution in [-0.2, 0) is 6.54 Å². The molecule has 1 unspecified atom stereocenters. The maximum atomic E-state index is 4.61. The Morgan fingerprint density at radius 1 is 1.44 bits per heavy atom. The van der Waals surface area contributed by atoms with E-state index in [0.717, 1.165) is 23.8 Å². The van der Waals surface area contributed by atoms with Crippen LogP contribution < -0.4 is 5.32 Å². The Bertz CT molecular complexity index is 480. The topological polar surface area (TPSA) is 29.3 Å². The molecule has 1 saturated carbocycles. The molecule has 1 aliphatic rings. The molecule has 0 radical (unpaired) electrons. The summed E-state index contributed by atoms with van der Waals surface area (Å²) in [7, 11) is 0. The van der Waals surface area contributed by atoms with Crippen LogP contribution >= 0.6 is 0 Å². The molecule has 2 heterocycles. The minimum atomic E-state index is 0.655. The molecule has 3 nitrogen and oxygen atoms in total. The SMILES string of the molecule is CCC(CC1CC1)NCc1cn2ccccc2n1. The molecule has 2 aromatic heterocycles. The Labute approximate surface area is 108 Å². The monoisotopic (exact) mass is 243 g/mol. The van der Waals surface area contributed by atoms with Crippen molar-refractivity contribution in [3.8, 4) is 0 Å². The molecule has 3 rings (SSSR count). The van der Waals surface area contributed by atoms with Crippen molar-refractivity contribution in [2.24, 2.45) is 5.92 Å². The van der Waals surface area contributed by atoms with E-state index in [2.05, 4.69) is 27.8 Å². The number of aromatic nitrogens is 2. The first-order chi connectivity index (χ1) is 8.85. The van der Waals surface area contributed by atoms with Gasteiger partial charge in [0.2, 0.25) is 0 Å². The van der Waals surface area contributed by atoms with Crippen molar-refractivity contribution in [2.45, 2.75) is 45.2 Å². The molecule has 0 aromatic carbocycles. The fourth-order valence-corrected chi connectivity index (χ4v) is 2.47. The van der Waals surface area contributed by atoms with Crippen LogP contribution in [0, 0.1) is 5.92 Å². The summed E-state index contributed by atoms with van der Waals surface area (Å²) in [5.41, 5.74) is 2.17. The van der Waals surface area contributed by atoms with Gasteiger partial charge in [0.1, 0.15) is 5.65 Å². The Morgan fingerprint density at radius 2 is 2.33 bits per heavy atom. The zero-order valence-corrected chi connectivity index (χ0v) is 11.0. The summed E-state index contributed by atoms with van der Waals surface area (Å²) in [4.78, 5) is 4.61. The highest BCUT2D eigenvalue weighted by Crippen LogP contribution is 2.34. The molecule has 96 valence electrons. The molecule has 1 N–H and O–H groups in total. The molecule has 0 saturated heterocycles. The largest absolute Gasteiger partial charge is 0.308 e. The van der Waals surface area contributed by atoms with Crippen LogP contribution in [0.1, 0.15) is 38.3 Å². The number of pyridine rings is 1. The third-order valence-corrected chi connectivity index (χ3v) is 3.79. The first-order valence-corrected chi connectivity index (χ1v) is 7.01. The quantitative estimate of drug-likeness (QED) is 0.845. The van der Waals surface area contributed by atoms with E-state index >= 15 is 0 Å². The zero-order chi connectivity index (χ0) is 12.4. The molecule has 0 bridgehead atoms. The van der Waals surface area contributed by atoms with Crippen LogP contribution in [0.25, 0.3) is 5.65 Å². The Hall–Kier alpha value is -1.35. The number of rotatable bonds is 6. The molecular weight excluding hydrogens is 222 g/mol. The maximum absolute atomic E-state index is 4.61. The van der Waals surface area contributed by atoms with Gasteiger partial charge in [0.25, 0.3) is 0 Å². The molecular formula is C15H21N3. The molecule has 18 heavy (non-hydrogen) atoms. The smallest absolute Gasteiger partial charge is 0.137 e. The summed E-state index contributed by atoms with van der Waals surface area (Å²) >= 11 is 0. The number of hydrogen-bond acceptors (Lipinski definition) is 2. The molecule has 1 atom stereocenters. The summed E-state index contributed by atoms with van der Waals surface area (Å²) in [5.74, 6) is 0.989. The normalized spacial score (nSPS) is 17.2. The highest BCUT2D eigenvalue weighted by Gasteiger charge is 2.24. The van der Waals surface area contributed by atoms with Gasteiger partial charge in [-0.25, -0.2) is 4.98 Å². The highest BCUT2D eigenvalue weighted by molar-refractivity contribution is 5.39. The Morgan fingerprint density at radius 3 is 3.06 bits per heavy atom. The van der Waals surface area contributed by atoms with Gasteiger partial charge in [0.15, 0.2) is 0 Å². The van der Waals surface area contributed by atoms with Crippen molar-refractivity contribution >= 4 is 5.65 Å². The van der Waals surface area contributed by atoms with Crippen molar-refractivity contribution in [1.29, 1.82) is 0 Å². The molecule has 1 fully saturated rings. The molecule has 0 amide bonds. The van der Waals surface area contributed by atoms with E-state index in [1.807, 2.05) is 24.4 Å². The number of fused-ring (bicyclic) bond motifs is 1. The van der Waals surface area contributed by atoms with Crippen LogP contribution in [0.2, 0.25) is 0 Å². The second-order valence-corrected chi connectivity index (χ2v) is 5.36. The molecule has 1 aliphatic carbocycles. The second kappa shape index (κ2) is 5.11. The van der Waals surface area contributed by atoms with Crippen molar-refractivity contribution in [2.75, 3.05) is 0 Å². The lowest BCUT2D eigenvalue weighted by Gasteiger charge is -2.15. The lowest BCUT2D eigenvalue weighted by Crippen LogP contribution is -2.28. The first-order valence-electron chi connectivity index (χ1n) is 7.01. The molecule has 0 spiro atoms. The van der Waals surface area contributed by atoms with Gasteiger partial charge < -0.3 is 9.72 Å². The van der Waals surface area contributed by atoms with E-state index < -0.39 is 0 Å². The van der Waals surface area contributed by atoms with Gasteiger partial charge in [-0.2, -0.15) is 0 Å². The average Bonchev–Trinajstić information content (AvgIpc) is 3.11. The standard InChI is InChI=1S/C15H21N3/c1-2-13(9-12-6-7-12)16-10-14-11-18-8-4-3-5-15(18)17-14/h3-5,8,11-13,16H,2,6-7,9-10H2,1H3. The Kier molecular flexibility index (Phi) is 3.33. The molecule has 2 aromatic rings. The Balaban J connectivity index is 1.60. The first kappa shape index (κ1) is 11.7. The minimum Gasteiger partial charge on any atom is -0.308 e. The zero-order valence-electron chi connectivity index (χ0n) is 11.0. The van der Waals surface area contributed by atoms with E-state index in [0.29, 0.717) is 6.04 Å². The van der Waals surface area contributed by atoms with Gasteiger partial charge in [-0.1, -0.05) is 25.8 Å². The van der Waals surface area contributed by atoms with Crippen molar-refractivity contribution in [3.63, 3.8) is 0 Å². The summed E-state index contributed by atoms with van der Waals surface area (Å²) in [6, 6.07) is 6.77. The van der Waals surface area contributed by atoms with Crippen molar-refractivity contribution < 1.29 is 0 Å². The van der Waals surface area contributed by atoms with Crippen LogP contribution in [0.3, 0.4) is 0 Å². The lowest BCUT2D eigenvalue weighted by atomic mass is 10.1. The van der Waals surface area contributed by atoms with Crippen LogP contribution in [0.4, 0.5) is 0 Å². The van der Waals surface area contributed by atoms with Crippen LogP contribution in [-0.4, -0.2) is 15.4 Å². The predicted octanol–water partition coefficient (Wildman–Crippen LogP) is 3.00. The average molecular weight is 243 g/mol. The van der Waals surface area contributed by atoms with Gasteiger partial charge in [-0.3, -0.25) is 0 Å². The van der Waals surface area contributed by atoms with Gasteiger partial charge >= 0.3 is 0 Å². The second-order valence-electron chi connectivity index (χ2n) is 5.36. The van der Waals surface area contributed by atoms with Crippen LogP contribution in [0.5, 0.6) is 0 Å². The summed E-state index contributed by atoms with van der Waals surface area (Å²) in [5, 5.41) is 3.64. The van der Waals surface area contributed by atoms with Gasteiger partial charge in [-0.05, 0) is 30.9 Å². The van der Waals surface area contributed by atoms with Crippen LogP contribution in [0.15, 0.2) is 30.6 Å². The van der Waals surface area contributed by atoms with E-state index in [9.17, 15) is 0 Å². The van der Waals surface area contributed by atoms with E-state index in [4.69, 9.17) is 0 Å². The van der Waals surface area contributed by atoms with Gasteiger partial charge in [0, 0.05) is 25.0 Å². The lowest BCUT2D eigenvalue weighted by molar-refractivity contribution is 0.443. The third-order valence-electron chi connectivity index (χ3n) is 3.79. The number of nitrogens with zero attached hydrogens (tertiary/aromatic N) is 2. The summed E-state index contributed by atoms with van der Waals surface area (Å²) in [6.07, 6.45) is 9.59. The number of nitrogens with one attached hydrogen (secondary N) is 1. The van der Waals surface area contributed by atoms with Gasteiger partial charge in [0.05, 0.1) is 5.69 Å². The predicted molar refractivity (Wildman–Crippen MR) is 73.5 cm³/mol. The summed E-state index contributed by atoms with van der Waals surface area (Å²) < 4.78 is 2.08. The fourth-order valence-electron chi connectivity index (χ4n) is 2.47. The number of hydrogen-bond donors (Lipinski definition) is 1. The van der Waals surface area contributed by atoms with Gasteiger partial charge in [-0.15, -0.1) is 0 Å². The highest BCUT2D eigenvalue weighted by atomic mass is 15.0. The van der Waals surface area contributed by atoms with Crippen molar-refractivity contribution in [3.05, 3.63) is 36.3 Å². The van der Waals surface area contributed by atoms with E-state index in [-0.39, 0.29) is 0 Å². The fraction of sp³-hybridized carbons (Fsp3) is 0.533. The molecule has 0 aliphatic heterocycles. The summed E-state index contributed by atoms with van der Waals surface area (Å²) in [6.45, 7) is 3.15. The van der Waals surface area contributed by atoms with E-state index in [1.54, 1.807) is 0 Å². The van der Waals surface area contributed by atoms with Crippen molar-refractivity contribution in [1.82, 2.24) is 14.7 Å². The third kappa shape index (κ3) is 2.72. The minimum absolute atomic E-state index is 0.655.